The Bertz CT molecular complexity index is 259. The molecule has 2 atom stereocenters. The van der Waals surface area contributed by atoms with E-state index in [1.54, 1.807) is 11.8 Å². The van der Waals surface area contributed by atoms with Gasteiger partial charge in [0.15, 0.2) is 0 Å². The van der Waals surface area contributed by atoms with Gasteiger partial charge in [-0.15, -0.1) is 0 Å². The molecule has 5 nitrogen and oxygen atoms in total. The number of hydrogen-bond donors (Lipinski definition) is 3. The molecule has 0 radical (unpaired) electrons. The molecule has 2 amide bonds. The van der Waals surface area contributed by atoms with Gasteiger partial charge in [0, 0.05) is 11.8 Å². The van der Waals surface area contributed by atoms with Gasteiger partial charge < -0.3 is 15.7 Å². The Morgan fingerprint density at radius 3 is 2.29 bits per heavy atom. The van der Waals surface area contributed by atoms with Crippen LogP contribution in [0.4, 0.5) is 4.79 Å². The lowest BCUT2D eigenvalue weighted by Crippen LogP contribution is -2.47. The molecular formula is C11H22N2O3S. The summed E-state index contributed by atoms with van der Waals surface area (Å²) in [4.78, 5) is 22.4. The van der Waals surface area contributed by atoms with Crippen molar-refractivity contribution < 1.29 is 14.7 Å². The Labute approximate surface area is 107 Å². The van der Waals surface area contributed by atoms with Gasteiger partial charge in [-0.25, -0.2) is 9.59 Å². The summed E-state index contributed by atoms with van der Waals surface area (Å²) in [6.45, 7) is 6.37. The summed E-state index contributed by atoms with van der Waals surface area (Å²) < 4.78 is 0. The largest absolute Gasteiger partial charge is 0.480 e. The molecule has 1 unspecified atom stereocenters. The maximum atomic E-state index is 11.5. The van der Waals surface area contributed by atoms with Gasteiger partial charge in [0.2, 0.25) is 0 Å². The summed E-state index contributed by atoms with van der Waals surface area (Å²) in [5.74, 6) is -0.770. The molecule has 0 saturated carbocycles. The first-order chi connectivity index (χ1) is 7.86. The number of carboxylic acids is 1. The zero-order chi connectivity index (χ0) is 13.4. The summed E-state index contributed by atoms with van der Waals surface area (Å²) in [6.07, 6.45) is 2.39. The van der Waals surface area contributed by atoms with Crippen LogP contribution in [0.3, 0.4) is 0 Å². The van der Waals surface area contributed by atoms with E-state index in [0.717, 1.165) is 0 Å². The van der Waals surface area contributed by atoms with Gasteiger partial charge in [0.1, 0.15) is 6.04 Å². The maximum absolute atomic E-state index is 11.5. The van der Waals surface area contributed by atoms with Crippen molar-refractivity contribution in [2.24, 2.45) is 5.92 Å². The molecule has 0 saturated heterocycles. The zero-order valence-electron chi connectivity index (χ0n) is 10.8. The fourth-order valence-corrected chi connectivity index (χ4v) is 1.47. The second-order valence-electron chi connectivity index (χ2n) is 4.42. The van der Waals surface area contributed by atoms with Crippen LogP contribution >= 0.6 is 11.8 Å². The molecule has 0 heterocycles. The molecule has 0 fully saturated rings. The first-order valence-corrected chi connectivity index (χ1v) is 6.95. The van der Waals surface area contributed by atoms with Crippen molar-refractivity contribution in [2.75, 3.05) is 12.8 Å². The highest BCUT2D eigenvalue weighted by atomic mass is 32.2. The van der Waals surface area contributed by atoms with Crippen molar-refractivity contribution in [2.45, 2.75) is 38.5 Å². The number of amides is 2. The molecule has 0 aromatic carbocycles. The molecule has 100 valence electrons. The van der Waals surface area contributed by atoms with Gasteiger partial charge >= 0.3 is 12.0 Å². The molecule has 0 aromatic rings. The van der Waals surface area contributed by atoms with Crippen molar-refractivity contribution >= 4 is 23.8 Å². The van der Waals surface area contributed by atoms with E-state index in [0.29, 0.717) is 18.2 Å². The minimum Gasteiger partial charge on any atom is -0.480 e. The Morgan fingerprint density at radius 2 is 1.88 bits per heavy atom. The highest BCUT2D eigenvalue weighted by Gasteiger charge is 2.20. The van der Waals surface area contributed by atoms with Crippen LogP contribution < -0.4 is 10.6 Å². The summed E-state index contributed by atoms with van der Waals surface area (Å²) in [5, 5.41) is 14.4. The molecule has 3 N–H and O–H groups in total. The number of aliphatic carboxylic acids is 1. The lowest BCUT2D eigenvalue weighted by atomic mass is 10.0. The number of hydrogen-bond acceptors (Lipinski definition) is 3. The van der Waals surface area contributed by atoms with Crippen LogP contribution in [0, 0.1) is 5.92 Å². The Kier molecular flexibility index (Phi) is 7.78. The van der Waals surface area contributed by atoms with Gasteiger partial charge in [-0.2, -0.15) is 11.8 Å². The smallest absolute Gasteiger partial charge is 0.326 e. The van der Waals surface area contributed by atoms with E-state index in [-0.39, 0.29) is 5.92 Å². The molecule has 0 aliphatic heterocycles. The van der Waals surface area contributed by atoms with Crippen LogP contribution in [0.1, 0.15) is 27.2 Å². The van der Waals surface area contributed by atoms with Crippen LogP contribution in [0.15, 0.2) is 0 Å². The number of carboxylic acid groups (broad SMARTS) is 1. The standard InChI is InChI=1S/C11H22N2O3S/c1-7(2)5-9(10(14)15)13-11(16)12-6-8(3)17-4/h7-9H,5-6H2,1-4H3,(H,14,15)(H2,12,13,16)/t8?,9-/m1/s1. The maximum Gasteiger partial charge on any atom is 0.326 e. The Morgan fingerprint density at radius 1 is 1.29 bits per heavy atom. The first-order valence-electron chi connectivity index (χ1n) is 5.66. The van der Waals surface area contributed by atoms with Crippen LogP contribution in [0.25, 0.3) is 0 Å². The molecule has 0 aliphatic carbocycles. The van der Waals surface area contributed by atoms with Crippen molar-refractivity contribution in [3.63, 3.8) is 0 Å². The van der Waals surface area contributed by atoms with Crippen molar-refractivity contribution in [1.29, 1.82) is 0 Å². The van der Waals surface area contributed by atoms with E-state index in [1.165, 1.54) is 0 Å². The van der Waals surface area contributed by atoms with Crippen LogP contribution in [-0.4, -0.2) is 41.2 Å². The molecule has 0 aromatic heterocycles. The van der Waals surface area contributed by atoms with E-state index in [1.807, 2.05) is 27.0 Å². The third kappa shape index (κ3) is 7.90. The molecule has 6 heteroatoms. The van der Waals surface area contributed by atoms with Crippen LogP contribution in [0.2, 0.25) is 0 Å². The quantitative estimate of drug-likeness (QED) is 0.650. The highest BCUT2D eigenvalue weighted by Crippen LogP contribution is 2.05. The lowest BCUT2D eigenvalue weighted by molar-refractivity contribution is -0.139. The summed E-state index contributed by atoms with van der Waals surface area (Å²) in [7, 11) is 0. The summed E-state index contributed by atoms with van der Waals surface area (Å²) >= 11 is 1.64. The van der Waals surface area contributed by atoms with Gasteiger partial charge in [-0.1, -0.05) is 20.8 Å². The predicted octanol–water partition coefficient (Wildman–Crippen LogP) is 1.54. The number of nitrogens with one attached hydrogen (secondary N) is 2. The van der Waals surface area contributed by atoms with Crippen molar-refractivity contribution in [3.05, 3.63) is 0 Å². The first kappa shape index (κ1) is 16.1. The van der Waals surface area contributed by atoms with E-state index in [4.69, 9.17) is 5.11 Å². The fraction of sp³-hybridized carbons (Fsp3) is 0.818. The topological polar surface area (TPSA) is 78.4 Å². The summed E-state index contributed by atoms with van der Waals surface area (Å²) in [5.41, 5.74) is 0. The minimum atomic E-state index is -0.994. The molecule has 0 bridgehead atoms. The SMILES string of the molecule is CSC(C)CNC(=O)N[C@H](CC(C)C)C(=O)O. The lowest BCUT2D eigenvalue weighted by Gasteiger charge is -2.17. The number of thioether (sulfide) groups is 1. The third-order valence-electron chi connectivity index (χ3n) is 2.26. The molecule has 17 heavy (non-hydrogen) atoms. The molecular weight excluding hydrogens is 240 g/mol. The third-order valence-corrected chi connectivity index (χ3v) is 3.23. The minimum absolute atomic E-state index is 0.224. The van der Waals surface area contributed by atoms with Crippen LogP contribution in [0.5, 0.6) is 0 Å². The second kappa shape index (κ2) is 8.22. The number of carbonyl (C=O) groups excluding carboxylic acids is 1. The highest BCUT2D eigenvalue weighted by molar-refractivity contribution is 7.99. The van der Waals surface area contributed by atoms with Gasteiger partial charge in [0.05, 0.1) is 0 Å². The van der Waals surface area contributed by atoms with Gasteiger partial charge in [-0.3, -0.25) is 0 Å². The number of carbonyl (C=O) groups is 2. The summed E-state index contributed by atoms with van der Waals surface area (Å²) in [6, 6.07) is -1.24. The Hall–Kier alpha value is -0.910. The van der Waals surface area contributed by atoms with Crippen molar-refractivity contribution in [3.8, 4) is 0 Å². The number of rotatable bonds is 7. The van der Waals surface area contributed by atoms with Crippen LogP contribution in [-0.2, 0) is 4.79 Å². The fourth-order valence-electron chi connectivity index (χ4n) is 1.22. The van der Waals surface area contributed by atoms with Crippen molar-refractivity contribution in [1.82, 2.24) is 10.6 Å². The average molecular weight is 262 g/mol. The van der Waals surface area contributed by atoms with E-state index < -0.39 is 18.0 Å². The molecule has 0 rings (SSSR count). The zero-order valence-corrected chi connectivity index (χ0v) is 11.6. The predicted molar refractivity (Wildman–Crippen MR) is 70.4 cm³/mol. The van der Waals surface area contributed by atoms with E-state index in [9.17, 15) is 9.59 Å². The van der Waals surface area contributed by atoms with Gasteiger partial charge in [0.25, 0.3) is 0 Å². The average Bonchev–Trinajstić information content (AvgIpc) is 2.24. The molecule has 0 aliphatic rings. The molecule has 0 spiro atoms. The second-order valence-corrected chi connectivity index (χ2v) is 5.70. The number of urea groups is 1. The normalized spacial score (nSPS) is 14.2. The van der Waals surface area contributed by atoms with E-state index >= 15 is 0 Å². The van der Waals surface area contributed by atoms with E-state index in [2.05, 4.69) is 10.6 Å². The Balaban J connectivity index is 4.08. The monoisotopic (exact) mass is 262 g/mol. The van der Waals surface area contributed by atoms with Gasteiger partial charge in [-0.05, 0) is 18.6 Å².